The molecule has 2 N–H and O–H groups in total. The number of carbonyl (C=O) groups excluding carboxylic acids is 1. The van der Waals surface area contributed by atoms with Crippen LogP contribution in [0.3, 0.4) is 0 Å². The van der Waals surface area contributed by atoms with Gasteiger partial charge < -0.3 is 0 Å². The van der Waals surface area contributed by atoms with Crippen molar-refractivity contribution in [1.82, 2.24) is 10.5 Å². The van der Waals surface area contributed by atoms with Crippen molar-refractivity contribution in [3.63, 3.8) is 0 Å². The summed E-state index contributed by atoms with van der Waals surface area (Å²) in [5.74, 6) is -1.93. The number of carbonyl (C=O) groups is 1. The van der Waals surface area contributed by atoms with Crippen LogP contribution in [-0.4, -0.2) is 16.1 Å². The maximum Gasteiger partial charge on any atom is 0.417 e. The Morgan fingerprint density at radius 3 is 2.65 bits per heavy atom. The van der Waals surface area contributed by atoms with Crippen molar-refractivity contribution in [3.05, 3.63) is 51.0 Å². The number of thiophene rings is 1. The summed E-state index contributed by atoms with van der Waals surface area (Å²) in [6.45, 7) is 1.62. The van der Waals surface area contributed by atoms with Gasteiger partial charge in [-0.15, -0.1) is 11.3 Å². The summed E-state index contributed by atoms with van der Waals surface area (Å²) in [5.41, 5.74) is 2.66. The van der Waals surface area contributed by atoms with Gasteiger partial charge in [-0.1, -0.05) is 0 Å². The molecular formula is C18H17F3N2O2S. The molecule has 8 heteroatoms. The Morgan fingerprint density at radius 2 is 2.04 bits per heavy atom. The molecule has 1 amide bonds. The van der Waals surface area contributed by atoms with Crippen LogP contribution in [0.1, 0.15) is 57.2 Å². The van der Waals surface area contributed by atoms with E-state index in [1.54, 1.807) is 24.7 Å². The van der Waals surface area contributed by atoms with Gasteiger partial charge in [0, 0.05) is 39.4 Å². The molecular weight excluding hydrogens is 365 g/mol. The molecule has 138 valence electrons. The Bertz CT molecular complexity index is 860. The van der Waals surface area contributed by atoms with E-state index in [4.69, 9.17) is 5.21 Å². The van der Waals surface area contributed by atoms with E-state index in [2.05, 4.69) is 4.98 Å². The molecule has 0 radical (unpaired) electrons. The average molecular weight is 382 g/mol. The van der Waals surface area contributed by atoms with Crippen molar-refractivity contribution < 1.29 is 23.2 Å². The highest BCUT2D eigenvalue weighted by Gasteiger charge is 2.59. The van der Waals surface area contributed by atoms with Crippen LogP contribution in [0.4, 0.5) is 13.2 Å². The predicted molar refractivity (Wildman–Crippen MR) is 89.2 cm³/mol. The third-order valence-corrected chi connectivity index (χ3v) is 6.26. The number of nitrogens with zero attached hydrogens (tertiary/aromatic N) is 1. The van der Waals surface area contributed by atoms with Crippen molar-refractivity contribution in [2.24, 2.45) is 5.92 Å². The van der Waals surface area contributed by atoms with Crippen LogP contribution in [0.25, 0.3) is 0 Å². The molecule has 26 heavy (non-hydrogen) atoms. The quantitative estimate of drug-likeness (QED) is 0.610. The second-order valence-corrected chi connectivity index (χ2v) is 8.26. The molecule has 4 rings (SSSR count). The fourth-order valence-electron chi connectivity index (χ4n) is 3.73. The van der Waals surface area contributed by atoms with Gasteiger partial charge in [0.2, 0.25) is 5.91 Å². The first-order valence-corrected chi connectivity index (χ1v) is 9.20. The number of aryl methyl sites for hydroxylation is 1. The highest BCUT2D eigenvalue weighted by molar-refractivity contribution is 7.12. The molecule has 0 unspecified atom stereocenters. The summed E-state index contributed by atoms with van der Waals surface area (Å²) in [5, 5.41) is 9.03. The zero-order valence-electron chi connectivity index (χ0n) is 13.9. The van der Waals surface area contributed by atoms with Crippen molar-refractivity contribution >= 4 is 17.2 Å². The molecule has 4 nitrogen and oxygen atoms in total. The SMILES string of the molecule is Cc1cc(C(F)(F)F)c([C@H]2[C@@H](C(=O)NO)[C@@H]2c2ccnc(C3CC3)c2)s1. The number of aromatic nitrogens is 1. The van der Waals surface area contributed by atoms with Crippen LogP contribution in [0, 0.1) is 12.8 Å². The van der Waals surface area contributed by atoms with E-state index in [0.717, 1.165) is 41.5 Å². The Hall–Kier alpha value is -1.93. The average Bonchev–Trinajstić information content (AvgIpc) is 3.50. The smallest absolute Gasteiger partial charge is 0.289 e. The number of amides is 1. The Balaban J connectivity index is 1.73. The van der Waals surface area contributed by atoms with E-state index in [1.807, 2.05) is 6.07 Å². The first-order chi connectivity index (χ1) is 12.3. The Kier molecular flexibility index (Phi) is 4.07. The lowest BCUT2D eigenvalue weighted by Crippen LogP contribution is -2.21. The van der Waals surface area contributed by atoms with E-state index in [-0.39, 0.29) is 10.8 Å². The normalized spacial score (nSPS) is 25.2. The number of halogens is 3. The second kappa shape index (κ2) is 6.06. The van der Waals surface area contributed by atoms with Gasteiger partial charge >= 0.3 is 6.18 Å². The van der Waals surface area contributed by atoms with Crippen molar-refractivity contribution in [2.75, 3.05) is 0 Å². The lowest BCUT2D eigenvalue weighted by Gasteiger charge is -2.08. The maximum absolute atomic E-state index is 13.4. The standard InChI is InChI=1S/C18H17F3N2O2S/c1-8-6-11(18(19,20)21)16(26-8)14-13(15(14)17(24)23-25)10-4-5-22-12(7-10)9-2-3-9/h4-7,9,13-15,25H,2-3H2,1H3,(H,23,24)/t13-,14-,15+/m1/s1. The zero-order chi connectivity index (χ0) is 18.6. The number of hydroxylamine groups is 1. The van der Waals surface area contributed by atoms with Crippen LogP contribution in [-0.2, 0) is 11.0 Å². The van der Waals surface area contributed by atoms with Crippen LogP contribution in [0.5, 0.6) is 0 Å². The maximum atomic E-state index is 13.4. The lowest BCUT2D eigenvalue weighted by molar-refractivity contribution is -0.138. The minimum Gasteiger partial charge on any atom is -0.289 e. The minimum absolute atomic E-state index is 0.165. The Morgan fingerprint density at radius 1 is 1.31 bits per heavy atom. The lowest BCUT2D eigenvalue weighted by atomic mass is 10.1. The largest absolute Gasteiger partial charge is 0.417 e. The van der Waals surface area contributed by atoms with Gasteiger partial charge in [0.15, 0.2) is 0 Å². The number of rotatable bonds is 4. The van der Waals surface area contributed by atoms with Crippen molar-refractivity contribution in [1.29, 1.82) is 0 Å². The van der Waals surface area contributed by atoms with Gasteiger partial charge in [-0.25, -0.2) is 5.48 Å². The number of hydrogen-bond donors (Lipinski definition) is 2. The molecule has 2 saturated carbocycles. The number of nitrogens with one attached hydrogen (secondary N) is 1. The van der Waals surface area contributed by atoms with E-state index >= 15 is 0 Å². The molecule has 2 heterocycles. The summed E-state index contributed by atoms with van der Waals surface area (Å²) in [6, 6.07) is 4.78. The van der Waals surface area contributed by atoms with Gasteiger partial charge in [0.25, 0.3) is 0 Å². The molecule has 2 aliphatic rings. The molecule has 0 saturated heterocycles. The predicted octanol–water partition coefficient (Wildman–Crippen LogP) is 4.35. The molecule has 0 aromatic carbocycles. The molecule has 2 aromatic rings. The van der Waals surface area contributed by atoms with Crippen molar-refractivity contribution in [2.45, 2.75) is 43.7 Å². The molecule has 3 atom stereocenters. The molecule has 2 aromatic heterocycles. The van der Waals surface area contributed by atoms with Gasteiger partial charge in [0.05, 0.1) is 11.5 Å². The van der Waals surface area contributed by atoms with E-state index in [0.29, 0.717) is 10.8 Å². The van der Waals surface area contributed by atoms with Gasteiger partial charge in [-0.3, -0.25) is 15.0 Å². The van der Waals surface area contributed by atoms with Crippen LogP contribution in [0.15, 0.2) is 24.4 Å². The zero-order valence-corrected chi connectivity index (χ0v) is 14.7. The minimum atomic E-state index is -4.47. The molecule has 0 spiro atoms. The fourth-order valence-corrected chi connectivity index (χ4v) is 4.97. The third-order valence-electron chi connectivity index (χ3n) is 5.11. The summed E-state index contributed by atoms with van der Waals surface area (Å²) in [6.07, 6.45) is -0.692. The summed E-state index contributed by atoms with van der Waals surface area (Å²) in [4.78, 5) is 17.1. The summed E-state index contributed by atoms with van der Waals surface area (Å²) in [7, 11) is 0. The molecule has 0 aliphatic heterocycles. The van der Waals surface area contributed by atoms with Crippen LogP contribution in [0.2, 0.25) is 0 Å². The van der Waals surface area contributed by atoms with E-state index < -0.39 is 29.5 Å². The van der Waals surface area contributed by atoms with Crippen LogP contribution >= 0.6 is 11.3 Å². The van der Waals surface area contributed by atoms with Gasteiger partial charge in [-0.05, 0) is 43.5 Å². The number of hydrogen-bond acceptors (Lipinski definition) is 4. The van der Waals surface area contributed by atoms with E-state index in [9.17, 15) is 18.0 Å². The van der Waals surface area contributed by atoms with E-state index in [1.165, 1.54) is 0 Å². The van der Waals surface area contributed by atoms with Gasteiger partial charge in [0.1, 0.15) is 0 Å². The third kappa shape index (κ3) is 3.01. The summed E-state index contributed by atoms with van der Waals surface area (Å²) < 4.78 is 40.2. The summed E-state index contributed by atoms with van der Waals surface area (Å²) >= 11 is 1.07. The Labute approximate surface area is 152 Å². The second-order valence-electron chi connectivity index (χ2n) is 6.97. The van der Waals surface area contributed by atoms with Gasteiger partial charge in [-0.2, -0.15) is 13.2 Å². The fraction of sp³-hybridized carbons (Fsp3) is 0.444. The van der Waals surface area contributed by atoms with Crippen molar-refractivity contribution in [3.8, 4) is 0 Å². The molecule has 2 aliphatic carbocycles. The highest BCUT2D eigenvalue weighted by atomic mass is 32.1. The topological polar surface area (TPSA) is 62.2 Å². The van der Waals surface area contributed by atoms with Crippen LogP contribution < -0.4 is 5.48 Å². The first-order valence-electron chi connectivity index (χ1n) is 8.38. The highest BCUT2D eigenvalue weighted by Crippen LogP contribution is 2.63. The number of pyridine rings is 1. The number of alkyl halides is 3. The first kappa shape index (κ1) is 17.5. The molecule has 0 bridgehead atoms. The molecule has 2 fully saturated rings. The monoisotopic (exact) mass is 382 g/mol.